The van der Waals surface area contributed by atoms with E-state index in [-0.39, 0.29) is 0 Å². The van der Waals surface area contributed by atoms with Gasteiger partial charge in [0.1, 0.15) is 0 Å². The molecule has 112 valence electrons. The van der Waals surface area contributed by atoms with Gasteiger partial charge in [0.15, 0.2) is 10.4 Å². The topological polar surface area (TPSA) is 42.8 Å². The van der Waals surface area contributed by atoms with Gasteiger partial charge in [-0.15, -0.1) is 0 Å². The number of pyridine rings is 1. The molecule has 2 bridgehead atoms. The third-order valence-electron chi connectivity index (χ3n) is 5.57. The normalized spacial score (nSPS) is 29.1. The fraction of sp³-hybridized carbons (Fsp3) is 0.625. The number of imidazole rings is 1. The molecule has 2 heterocycles. The summed E-state index contributed by atoms with van der Waals surface area (Å²) >= 11 is 5.56. The van der Waals surface area contributed by atoms with Gasteiger partial charge >= 0.3 is 0 Å². The summed E-state index contributed by atoms with van der Waals surface area (Å²) in [5.74, 6) is 3.21. The summed E-state index contributed by atoms with van der Waals surface area (Å²) in [5.41, 5.74) is 1.92. The zero-order valence-electron chi connectivity index (χ0n) is 12.5. The first-order valence-electron chi connectivity index (χ1n) is 7.82. The van der Waals surface area contributed by atoms with Crippen LogP contribution < -0.4 is 4.74 Å². The first-order valence-corrected chi connectivity index (χ1v) is 8.23. The van der Waals surface area contributed by atoms with Gasteiger partial charge in [-0.1, -0.05) is 6.42 Å². The molecule has 2 fully saturated rings. The van der Waals surface area contributed by atoms with Crippen molar-refractivity contribution in [3.05, 3.63) is 16.9 Å². The van der Waals surface area contributed by atoms with E-state index in [1.165, 1.54) is 25.7 Å². The standard InChI is InChI=1S/C16H21N3OS/c1-9(12-8-10-3-4-11(12)7-10)19-15-13(17-16(19)21)5-6-14(18-15)20-2/h5-6,9-12H,3-4,7-8H2,1-2H3,(H,17,21). The van der Waals surface area contributed by atoms with Crippen molar-refractivity contribution in [2.24, 2.45) is 17.8 Å². The van der Waals surface area contributed by atoms with E-state index in [1.54, 1.807) is 7.11 Å². The largest absolute Gasteiger partial charge is 0.481 e. The van der Waals surface area contributed by atoms with Gasteiger partial charge in [-0.25, -0.2) is 0 Å². The lowest BCUT2D eigenvalue weighted by Crippen LogP contribution is -2.22. The molecule has 4 atom stereocenters. The third-order valence-corrected chi connectivity index (χ3v) is 5.87. The summed E-state index contributed by atoms with van der Waals surface area (Å²) in [7, 11) is 1.65. The Morgan fingerprint density at radius 3 is 2.90 bits per heavy atom. The number of aromatic nitrogens is 3. The Hall–Kier alpha value is -1.36. The number of aromatic amines is 1. The van der Waals surface area contributed by atoms with Gasteiger partial charge in [-0.3, -0.25) is 4.57 Å². The number of methoxy groups -OCH3 is 1. The number of nitrogens with zero attached hydrogens (tertiary/aromatic N) is 2. The van der Waals surface area contributed by atoms with Crippen LogP contribution in [0.25, 0.3) is 11.2 Å². The molecule has 4 rings (SSSR count). The molecule has 5 heteroatoms. The highest BCUT2D eigenvalue weighted by molar-refractivity contribution is 7.71. The van der Waals surface area contributed by atoms with Crippen LogP contribution in [-0.2, 0) is 0 Å². The molecular weight excluding hydrogens is 282 g/mol. The molecule has 0 aliphatic heterocycles. The molecule has 0 aromatic carbocycles. The molecule has 21 heavy (non-hydrogen) atoms. The number of hydrogen-bond donors (Lipinski definition) is 1. The highest BCUT2D eigenvalue weighted by Crippen LogP contribution is 2.52. The minimum absolute atomic E-state index is 0.404. The Bertz CT molecular complexity index is 735. The molecular formula is C16H21N3OS. The van der Waals surface area contributed by atoms with Gasteiger partial charge in [0, 0.05) is 12.1 Å². The quantitative estimate of drug-likeness (QED) is 0.868. The van der Waals surface area contributed by atoms with Crippen molar-refractivity contribution in [1.82, 2.24) is 14.5 Å². The van der Waals surface area contributed by atoms with Crippen LogP contribution in [0, 0.1) is 22.5 Å². The molecule has 4 nitrogen and oxygen atoms in total. The van der Waals surface area contributed by atoms with Crippen molar-refractivity contribution < 1.29 is 4.74 Å². The number of hydrogen-bond acceptors (Lipinski definition) is 3. The van der Waals surface area contributed by atoms with Crippen LogP contribution in [0.5, 0.6) is 5.88 Å². The molecule has 2 aliphatic carbocycles. The zero-order valence-corrected chi connectivity index (χ0v) is 13.3. The van der Waals surface area contributed by atoms with E-state index in [2.05, 4.69) is 21.5 Å². The zero-order chi connectivity index (χ0) is 14.6. The van der Waals surface area contributed by atoms with Crippen LogP contribution in [0.3, 0.4) is 0 Å². The smallest absolute Gasteiger partial charge is 0.215 e. The van der Waals surface area contributed by atoms with Crippen LogP contribution in [0.2, 0.25) is 0 Å². The molecule has 0 amide bonds. The van der Waals surface area contributed by atoms with Crippen molar-refractivity contribution in [2.75, 3.05) is 7.11 Å². The van der Waals surface area contributed by atoms with Crippen LogP contribution in [0.1, 0.15) is 38.6 Å². The summed E-state index contributed by atoms with van der Waals surface area (Å²) in [6.45, 7) is 2.30. The lowest BCUT2D eigenvalue weighted by Gasteiger charge is -2.29. The molecule has 1 N–H and O–H groups in total. The van der Waals surface area contributed by atoms with Gasteiger partial charge in [0.2, 0.25) is 5.88 Å². The Morgan fingerprint density at radius 1 is 1.38 bits per heavy atom. The molecule has 4 unspecified atom stereocenters. The monoisotopic (exact) mass is 303 g/mol. The predicted octanol–water partition coefficient (Wildman–Crippen LogP) is 4.10. The highest BCUT2D eigenvalue weighted by atomic mass is 32.1. The van der Waals surface area contributed by atoms with Crippen LogP contribution in [-0.4, -0.2) is 21.6 Å². The molecule has 2 saturated carbocycles. The summed E-state index contributed by atoms with van der Waals surface area (Å²) in [6.07, 6.45) is 5.59. The van der Waals surface area contributed by atoms with E-state index in [0.717, 1.165) is 33.7 Å². The molecule has 0 spiro atoms. The van der Waals surface area contributed by atoms with E-state index >= 15 is 0 Å². The number of ether oxygens (including phenoxy) is 1. The van der Waals surface area contributed by atoms with Gasteiger partial charge in [0.05, 0.1) is 12.6 Å². The SMILES string of the molecule is COc1ccc2[nH]c(=S)n(C(C)C3CC4CCC3C4)c2n1. The second kappa shape index (κ2) is 4.83. The van der Waals surface area contributed by atoms with E-state index in [1.807, 2.05) is 12.1 Å². The lowest BCUT2D eigenvalue weighted by molar-refractivity contribution is 0.244. The number of nitrogens with one attached hydrogen (secondary N) is 1. The van der Waals surface area contributed by atoms with E-state index in [0.29, 0.717) is 11.9 Å². The Labute approximate surface area is 129 Å². The average Bonchev–Trinajstić information content (AvgIpc) is 3.18. The first kappa shape index (κ1) is 13.3. The number of rotatable bonds is 3. The van der Waals surface area contributed by atoms with Crippen LogP contribution in [0.15, 0.2) is 12.1 Å². The second-order valence-corrected chi connectivity index (χ2v) is 6.99. The average molecular weight is 303 g/mol. The van der Waals surface area contributed by atoms with Crippen molar-refractivity contribution in [3.8, 4) is 5.88 Å². The van der Waals surface area contributed by atoms with Crippen molar-refractivity contribution in [1.29, 1.82) is 0 Å². The van der Waals surface area contributed by atoms with Gasteiger partial charge < -0.3 is 9.72 Å². The Balaban J connectivity index is 1.78. The molecule has 0 radical (unpaired) electrons. The number of H-pyrrole nitrogens is 1. The number of fused-ring (bicyclic) bond motifs is 3. The Morgan fingerprint density at radius 2 is 2.24 bits per heavy atom. The third kappa shape index (κ3) is 2.01. The predicted molar refractivity (Wildman–Crippen MR) is 85.1 cm³/mol. The lowest BCUT2D eigenvalue weighted by atomic mass is 9.84. The van der Waals surface area contributed by atoms with Crippen molar-refractivity contribution in [3.63, 3.8) is 0 Å². The van der Waals surface area contributed by atoms with Crippen molar-refractivity contribution >= 4 is 23.4 Å². The Kier molecular flexibility index (Phi) is 3.06. The fourth-order valence-electron chi connectivity index (χ4n) is 4.55. The molecule has 0 saturated heterocycles. The second-order valence-electron chi connectivity index (χ2n) is 6.60. The first-order chi connectivity index (χ1) is 10.2. The highest BCUT2D eigenvalue weighted by Gasteiger charge is 2.42. The van der Waals surface area contributed by atoms with Crippen LogP contribution in [0.4, 0.5) is 0 Å². The molecule has 2 aromatic rings. The summed E-state index contributed by atoms with van der Waals surface area (Å²) in [5, 5.41) is 0. The molecule has 2 aliphatic rings. The fourth-order valence-corrected chi connectivity index (χ4v) is 4.91. The van der Waals surface area contributed by atoms with E-state index in [4.69, 9.17) is 17.0 Å². The van der Waals surface area contributed by atoms with Gasteiger partial charge in [0.25, 0.3) is 0 Å². The van der Waals surface area contributed by atoms with Crippen LogP contribution >= 0.6 is 12.2 Å². The minimum atomic E-state index is 0.404. The van der Waals surface area contributed by atoms with E-state index in [9.17, 15) is 0 Å². The minimum Gasteiger partial charge on any atom is -0.481 e. The maximum Gasteiger partial charge on any atom is 0.215 e. The summed E-state index contributed by atoms with van der Waals surface area (Å²) in [6, 6.07) is 4.28. The van der Waals surface area contributed by atoms with Crippen molar-refractivity contribution in [2.45, 2.75) is 38.6 Å². The summed E-state index contributed by atoms with van der Waals surface area (Å²) < 4.78 is 8.25. The maximum absolute atomic E-state index is 5.56. The van der Waals surface area contributed by atoms with E-state index < -0.39 is 0 Å². The van der Waals surface area contributed by atoms with Gasteiger partial charge in [-0.2, -0.15) is 4.98 Å². The maximum atomic E-state index is 5.56. The molecule has 2 aromatic heterocycles. The van der Waals surface area contributed by atoms with Gasteiger partial charge in [-0.05, 0) is 62.2 Å². The summed E-state index contributed by atoms with van der Waals surface area (Å²) in [4.78, 5) is 7.90.